The van der Waals surface area contributed by atoms with E-state index in [9.17, 15) is 19.5 Å². The molecule has 0 amide bonds. The number of aliphatic hydroxyl groups excluding tert-OH is 1. The van der Waals surface area contributed by atoms with Crippen molar-refractivity contribution in [3.63, 3.8) is 0 Å². The maximum atomic E-state index is 15.0. The molecular formula is C47H75NO4. The van der Waals surface area contributed by atoms with Gasteiger partial charge in [0.05, 0.1) is 5.41 Å². The highest BCUT2D eigenvalue weighted by Crippen LogP contribution is 2.67. The zero-order valence-corrected chi connectivity index (χ0v) is 35.1. The van der Waals surface area contributed by atoms with E-state index in [1.807, 2.05) is 74.5 Å². The lowest BCUT2D eigenvalue weighted by Gasteiger charge is -2.61. The fourth-order valence-corrected chi connectivity index (χ4v) is 9.58. The fourth-order valence-electron chi connectivity index (χ4n) is 9.58. The van der Waals surface area contributed by atoms with Gasteiger partial charge in [-0.1, -0.05) is 106 Å². The van der Waals surface area contributed by atoms with Gasteiger partial charge in [-0.25, -0.2) is 0 Å². The molecule has 292 valence electrons. The molecule has 5 nitrogen and oxygen atoms in total. The summed E-state index contributed by atoms with van der Waals surface area (Å²) in [5, 5.41) is 15.7. The Labute approximate surface area is 318 Å². The minimum Gasteiger partial charge on any atom is -0.511 e. The molecule has 0 heterocycles. The van der Waals surface area contributed by atoms with Gasteiger partial charge in [-0.15, -0.1) is 0 Å². The van der Waals surface area contributed by atoms with Crippen LogP contribution in [0.2, 0.25) is 0 Å². The van der Waals surface area contributed by atoms with E-state index in [2.05, 4.69) is 17.5 Å². The molecule has 4 atom stereocenters. The molecule has 3 saturated carbocycles. The first-order chi connectivity index (χ1) is 24.4. The van der Waals surface area contributed by atoms with Gasteiger partial charge in [0.1, 0.15) is 5.76 Å². The number of ketones is 3. The van der Waals surface area contributed by atoms with Crippen LogP contribution in [0.4, 0.5) is 0 Å². The van der Waals surface area contributed by atoms with Crippen molar-refractivity contribution >= 4 is 17.3 Å². The lowest BCUT2D eigenvalue weighted by atomic mass is 9.38. The minimum atomic E-state index is -1.83. The predicted molar refractivity (Wildman–Crippen MR) is 218 cm³/mol. The molecule has 0 spiro atoms. The number of rotatable bonds is 13. The Bertz CT molecular complexity index is 1400. The monoisotopic (exact) mass is 718 g/mol. The molecule has 3 fully saturated rings. The van der Waals surface area contributed by atoms with Gasteiger partial charge < -0.3 is 10.4 Å². The van der Waals surface area contributed by atoms with Crippen LogP contribution in [-0.4, -0.2) is 34.5 Å². The summed E-state index contributed by atoms with van der Waals surface area (Å²) >= 11 is 0. The van der Waals surface area contributed by atoms with E-state index in [4.69, 9.17) is 0 Å². The summed E-state index contributed by atoms with van der Waals surface area (Å²) in [6.07, 6.45) is 25.5. The summed E-state index contributed by atoms with van der Waals surface area (Å²) < 4.78 is 0. The molecule has 0 aromatic carbocycles. The highest BCUT2D eigenvalue weighted by Gasteiger charge is 2.75. The third-order valence-corrected chi connectivity index (χ3v) is 12.7. The van der Waals surface area contributed by atoms with Crippen LogP contribution in [0.15, 0.2) is 57.9 Å². The van der Waals surface area contributed by atoms with Crippen LogP contribution in [0.3, 0.4) is 0 Å². The number of Topliss-reactive ketones (excluding diaryl/α,β-unsaturated/α-hetero) is 3. The number of carbonyl (C=O) groups excluding carboxylic acids is 3. The topological polar surface area (TPSA) is 83.5 Å². The summed E-state index contributed by atoms with van der Waals surface area (Å²) in [5.41, 5.74) is 0.583. The number of carbonyl (C=O) groups is 3. The quantitative estimate of drug-likeness (QED) is 0.146. The van der Waals surface area contributed by atoms with Gasteiger partial charge >= 0.3 is 0 Å². The van der Waals surface area contributed by atoms with Crippen molar-refractivity contribution in [3.05, 3.63) is 57.9 Å². The maximum Gasteiger partial charge on any atom is 0.184 e. The Morgan fingerprint density at radius 1 is 0.769 bits per heavy atom. The first-order valence-electron chi connectivity index (χ1n) is 20.8. The fraction of sp³-hybridized carbons (Fsp3) is 0.723. The van der Waals surface area contributed by atoms with Crippen molar-refractivity contribution < 1.29 is 19.5 Å². The average Bonchev–Trinajstić information content (AvgIpc) is 3.08. The van der Waals surface area contributed by atoms with E-state index >= 15 is 0 Å². The van der Waals surface area contributed by atoms with Gasteiger partial charge in [0, 0.05) is 23.6 Å². The largest absolute Gasteiger partial charge is 0.511 e. The summed E-state index contributed by atoms with van der Waals surface area (Å²) in [6.45, 7) is 21.6. The molecule has 0 saturated heterocycles. The van der Waals surface area contributed by atoms with Crippen molar-refractivity contribution in [3.8, 4) is 0 Å². The number of allylic oxidation sites excluding steroid dienone is 10. The van der Waals surface area contributed by atoms with Crippen LogP contribution >= 0.6 is 0 Å². The van der Waals surface area contributed by atoms with Crippen molar-refractivity contribution in [2.45, 2.75) is 191 Å². The second-order valence-electron chi connectivity index (χ2n) is 18.3. The molecule has 4 rings (SSSR count). The molecule has 5 heteroatoms. The minimum absolute atomic E-state index is 0.117. The van der Waals surface area contributed by atoms with Gasteiger partial charge in [-0.2, -0.15) is 0 Å². The molecule has 0 aromatic heterocycles. The van der Waals surface area contributed by atoms with Crippen molar-refractivity contribution in [2.24, 2.45) is 28.1 Å². The predicted octanol–water partition coefficient (Wildman–Crippen LogP) is 12.2. The SMILES string of the molecule is C1CCC(NC2CCCCC2)CC1.CC(C)=CCC[C@]1(C)[C@@H](CC=C(C)C)C[C@@]2(CC=C(C)C)C(=O)[C@]1(C(=O)C(C)C)C(=O)C(CC=C(C)C)=C2O. The van der Waals surface area contributed by atoms with Crippen molar-refractivity contribution in [2.75, 3.05) is 0 Å². The molecule has 2 bridgehead atoms. The summed E-state index contributed by atoms with van der Waals surface area (Å²) in [5.74, 6) is -1.93. The summed E-state index contributed by atoms with van der Waals surface area (Å²) in [6, 6.07) is 1.74. The first kappa shape index (κ1) is 43.9. The zero-order valence-electron chi connectivity index (χ0n) is 35.1. The van der Waals surface area contributed by atoms with Crippen LogP contribution < -0.4 is 5.32 Å². The second kappa shape index (κ2) is 19.2. The molecular weight excluding hydrogens is 643 g/mol. The molecule has 0 aromatic rings. The standard InChI is InChI=1S/C35H52O4.C12H23N/c1-22(2)13-12-19-33(11)27(16-14-23(3)4)21-34(20-18-25(7)8)30(37)28(17-15-24(5)6)31(38)35(33,32(34)39)29(36)26(9)10;1-3-7-11(8-4-1)13-12-9-5-2-6-10-12/h13-15,18,26-27,37H,12,16-17,19-21H2,1-11H3;11-13H,1-10H2/t27-,33+,34+,35-;/m0./s1. The van der Waals surface area contributed by atoms with Gasteiger partial charge in [-0.3, -0.25) is 14.4 Å². The molecule has 52 heavy (non-hydrogen) atoms. The molecule has 4 aliphatic rings. The van der Waals surface area contributed by atoms with E-state index in [-0.39, 0.29) is 41.7 Å². The smallest absolute Gasteiger partial charge is 0.184 e. The molecule has 0 radical (unpaired) electrons. The van der Waals surface area contributed by atoms with Gasteiger partial charge in [0.25, 0.3) is 0 Å². The Kier molecular flexibility index (Phi) is 16.2. The lowest BCUT2D eigenvalue weighted by Crippen LogP contribution is -2.71. The number of fused-ring (bicyclic) bond motifs is 2. The van der Waals surface area contributed by atoms with Crippen LogP contribution in [0.1, 0.15) is 179 Å². The van der Waals surface area contributed by atoms with E-state index < -0.39 is 27.9 Å². The van der Waals surface area contributed by atoms with Crippen LogP contribution in [0.25, 0.3) is 0 Å². The van der Waals surface area contributed by atoms with Crippen LogP contribution in [0.5, 0.6) is 0 Å². The summed E-state index contributed by atoms with van der Waals surface area (Å²) in [4.78, 5) is 44.3. The van der Waals surface area contributed by atoms with Crippen LogP contribution in [-0.2, 0) is 14.4 Å². The van der Waals surface area contributed by atoms with Crippen molar-refractivity contribution in [1.29, 1.82) is 0 Å². The number of nitrogens with one attached hydrogen (secondary N) is 1. The molecule has 4 aliphatic carbocycles. The Balaban J connectivity index is 0.000000464. The van der Waals surface area contributed by atoms with E-state index in [1.54, 1.807) is 13.8 Å². The van der Waals surface area contributed by atoms with Gasteiger partial charge in [0.2, 0.25) is 0 Å². The number of hydrogen-bond acceptors (Lipinski definition) is 5. The second-order valence-corrected chi connectivity index (χ2v) is 18.3. The highest BCUT2D eigenvalue weighted by molar-refractivity contribution is 6.33. The van der Waals surface area contributed by atoms with Gasteiger partial charge in [0.15, 0.2) is 22.8 Å². The summed E-state index contributed by atoms with van der Waals surface area (Å²) in [7, 11) is 0. The number of aliphatic hydroxyl groups is 1. The molecule has 0 aliphatic heterocycles. The first-order valence-corrected chi connectivity index (χ1v) is 20.8. The van der Waals surface area contributed by atoms with Gasteiger partial charge in [-0.05, 0) is 131 Å². The third kappa shape index (κ3) is 9.76. The molecule has 2 N–H and O–H groups in total. The zero-order chi connectivity index (χ0) is 38.9. The third-order valence-electron chi connectivity index (χ3n) is 12.7. The highest BCUT2D eigenvalue weighted by atomic mass is 16.3. The average molecular weight is 718 g/mol. The van der Waals surface area contributed by atoms with E-state index in [0.717, 1.165) is 28.8 Å². The Morgan fingerprint density at radius 2 is 1.27 bits per heavy atom. The lowest BCUT2D eigenvalue weighted by molar-refractivity contribution is -0.180. The normalized spacial score (nSPS) is 28.1. The maximum absolute atomic E-state index is 15.0. The van der Waals surface area contributed by atoms with Crippen molar-refractivity contribution in [1.82, 2.24) is 5.32 Å². The Hall–Kier alpha value is -2.53. The Morgan fingerprint density at radius 3 is 1.73 bits per heavy atom. The van der Waals surface area contributed by atoms with E-state index in [1.165, 1.54) is 69.8 Å². The van der Waals surface area contributed by atoms with E-state index in [0.29, 0.717) is 25.7 Å². The molecule has 0 unspecified atom stereocenters. The number of hydrogen-bond donors (Lipinski definition) is 2. The van der Waals surface area contributed by atoms with Crippen LogP contribution in [0, 0.1) is 28.1 Å².